The molecule has 3 rings (SSSR count). The molecule has 0 bridgehead atoms. The van der Waals surface area contributed by atoms with Gasteiger partial charge in [0.25, 0.3) is 5.91 Å². The van der Waals surface area contributed by atoms with Crippen LogP contribution < -0.4 is 0 Å². The Hall–Kier alpha value is -2.30. The summed E-state index contributed by atoms with van der Waals surface area (Å²) >= 11 is 0. The fourth-order valence-corrected chi connectivity index (χ4v) is 3.21. The Labute approximate surface area is 136 Å². The number of fused-ring (bicyclic) bond motifs is 3. The molecule has 0 aliphatic carbocycles. The van der Waals surface area contributed by atoms with Crippen molar-refractivity contribution in [2.45, 2.75) is 32.4 Å². The minimum Gasteiger partial charge on any atom is -0.444 e. The Bertz CT molecular complexity index is 675. The van der Waals surface area contributed by atoms with Gasteiger partial charge < -0.3 is 14.5 Å². The van der Waals surface area contributed by atoms with Crippen molar-refractivity contribution in [2.24, 2.45) is 0 Å². The van der Waals surface area contributed by atoms with Gasteiger partial charge in [0, 0.05) is 19.6 Å². The third kappa shape index (κ3) is 2.71. The van der Waals surface area contributed by atoms with Gasteiger partial charge in [0.15, 0.2) is 0 Å². The van der Waals surface area contributed by atoms with E-state index in [-0.39, 0.29) is 18.0 Å². The topological polar surface area (TPSA) is 49.9 Å². The Morgan fingerprint density at radius 2 is 2.09 bits per heavy atom. The van der Waals surface area contributed by atoms with E-state index >= 15 is 0 Å². The first-order valence-electron chi connectivity index (χ1n) is 7.86. The monoisotopic (exact) mass is 314 g/mol. The average molecular weight is 314 g/mol. The maximum Gasteiger partial charge on any atom is 0.410 e. The first kappa shape index (κ1) is 15.6. The zero-order valence-electron chi connectivity index (χ0n) is 13.8. The third-order valence-corrected chi connectivity index (χ3v) is 4.21. The largest absolute Gasteiger partial charge is 0.444 e. The second-order valence-electron chi connectivity index (χ2n) is 6.96. The maximum absolute atomic E-state index is 12.7. The molecule has 1 saturated heterocycles. The van der Waals surface area contributed by atoms with Crippen LogP contribution in [0.25, 0.3) is 6.08 Å². The zero-order chi connectivity index (χ0) is 16.8. The predicted octanol–water partition coefficient (Wildman–Crippen LogP) is 3.08. The van der Waals surface area contributed by atoms with Crippen LogP contribution in [-0.2, 0) is 4.74 Å². The van der Waals surface area contributed by atoms with E-state index in [1.54, 1.807) is 11.0 Å². The van der Waals surface area contributed by atoms with Gasteiger partial charge in [-0.15, -0.1) is 0 Å². The number of hydrogen-bond donors (Lipinski definition) is 0. The van der Waals surface area contributed by atoms with E-state index in [9.17, 15) is 9.59 Å². The van der Waals surface area contributed by atoms with Crippen molar-refractivity contribution in [2.75, 3.05) is 19.6 Å². The molecule has 122 valence electrons. The Morgan fingerprint density at radius 3 is 2.74 bits per heavy atom. The number of nitrogens with zero attached hydrogens (tertiary/aromatic N) is 2. The predicted molar refractivity (Wildman–Crippen MR) is 88.1 cm³/mol. The van der Waals surface area contributed by atoms with Gasteiger partial charge in [0.05, 0.1) is 11.6 Å². The van der Waals surface area contributed by atoms with Crippen LogP contribution in [0.15, 0.2) is 24.8 Å². The molecule has 1 atom stereocenters. The quantitative estimate of drug-likeness (QED) is 0.800. The molecular weight excluding hydrogens is 292 g/mol. The second kappa shape index (κ2) is 5.41. The molecule has 1 aromatic carbocycles. The summed E-state index contributed by atoms with van der Waals surface area (Å²) in [6.45, 7) is 10.8. The highest BCUT2D eigenvalue weighted by Crippen LogP contribution is 2.38. The molecule has 0 unspecified atom stereocenters. The van der Waals surface area contributed by atoms with Gasteiger partial charge in [-0.25, -0.2) is 4.79 Å². The Morgan fingerprint density at radius 1 is 1.35 bits per heavy atom. The molecular formula is C18H22N2O3. The number of amides is 2. The van der Waals surface area contributed by atoms with Gasteiger partial charge in [-0.3, -0.25) is 4.79 Å². The molecule has 5 nitrogen and oxygen atoms in total. The first-order chi connectivity index (χ1) is 10.8. The summed E-state index contributed by atoms with van der Waals surface area (Å²) in [7, 11) is 0. The lowest BCUT2D eigenvalue weighted by Crippen LogP contribution is -2.50. The molecule has 5 heteroatoms. The van der Waals surface area contributed by atoms with E-state index in [1.807, 2.05) is 43.9 Å². The van der Waals surface area contributed by atoms with E-state index < -0.39 is 5.60 Å². The SMILES string of the molecule is C=Cc1cccc2c1C(=O)N1CCN(C(=O)OC(C)(C)C)C[C@H]21. The number of ether oxygens (including phenoxy) is 1. The lowest BCUT2D eigenvalue weighted by molar-refractivity contribution is 0.00657. The van der Waals surface area contributed by atoms with Gasteiger partial charge in [0.1, 0.15) is 5.60 Å². The van der Waals surface area contributed by atoms with Gasteiger partial charge in [-0.05, 0) is 31.9 Å². The van der Waals surface area contributed by atoms with E-state index in [0.717, 1.165) is 16.7 Å². The summed E-state index contributed by atoms with van der Waals surface area (Å²) in [6, 6.07) is 5.69. The van der Waals surface area contributed by atoms with Crippen molar-refractivity contribution in [1.82, 2.24) is 9.80 Å². The molecule has 0 radical (unpaired) electrons. The third-order valence-electron chi connectivity index (χ3n) is 4.21. The summed E-state index contributed by atoms with van der Waals surface area (Å²) in [4.78, 5) is 28.5. The van der Waals surface area contributed by atoms with Crippen LogP contribution in [0, 0.1) is 0 Å². The number of piperazine rings is 1. The molecule has 2 aliphatic rings. The highest BCUT2D eigenvalue weighted by Gasteiger charge is 2.42. The number of benzene rings is 1. The molecule has 1 aromatic rings. The van der Waals surface area contributed by atoms with Crippen LogP contribution in [0.5, 0.6) is 0 Å². The Kier molecular flexibility index (Phi) is 3.66. The maximum atomic E-state index is 12.7. The fourth-order valence-electron chi connectivity index (χ4n) is 3.21. The summed E-state index contributed by atoms with van der Waals surface area (Å²) in [5, 5.41) is 0. The summed E-state index contributed by atoms with van der Waals surface area (Å²) in [5.41, 5.74) is 2.03. The number of hydrogen-bond acceptors (Lipinski definition) is 3. The summed E-state index contributed by atoms with van der Waals surface area (Å²) < 4.78 is 5.45. The van der Waals surface area contributed by atoms with Crippen LogP contribution in [0.4, 0.5) is 4.79 Å². The molecule has 0 spiro atoms. The van der Waals surface area contributed by atoms with Gasteiger partial charge in [0.2, 0.25) is 0 Å². The minimum absolute atomic E-state index is 0.0318. The van der Waals surface area contributed by atoms with Crippen molar-refractivity contribution in [1.29, 1.82) is 0 Å². The Balaban J connectivity index is 1.86. The summed E-state index contributed by atoms with van der Waals surface area (Å²) in [6.07, 6.45) is 1.39. The highest BCUT2D eigenvalue weighted by atomic mass is 16.6. The number of carbonyl (C=O) groups excluding carboxylic acids is 2. The molecule has 0 aromatic heterocycles. The molecule has 2 amide bonds. The van der Waals surface area contributed by atoms with Crippen LogP contribution in [0.1, 0.15) is 48.3 Å². The average Bonchev–Trinajstić information content (AvgIpc) is 2.78. The molecule has 23 heavy (non-hydrogen) atoms. The van der Waals surface area contributed by atoms with Crippen LogP contribution in [-0.4, -0.2) is 47.0 Å². The highest BCUT2D eigenvalue weighted by molar-refractivity contribution is 6.02. The standard InChI is InChI=1S/C18H22N2O3/c1-5-12-7-6-8-13-14-11-19(17(22)23-18(2,3)4)9-10-20(14)16(21)15(12)13/h5-8,14H,1,9-11H2,2-4H3/t14-/m1/s1. The second-order valence-corrected chi connectivity index (χ2v) is 6.96. The molecule has 2 aliphatic heterocycles. The van der Waals surface area contributed by atoms with Crippen molar-refractivity contribution >= 4 is 18.1 Å². The van der Waals surface area contributed by atoms with E-state index in [4.69, 9.17) is 4.74 Å². The van der Waals surface area contributed by atoms with Crippen molar-refractivity contribution < 1.29 is 14.3 Å². The number of rotatable bonds is 1. The lowest BCUT2D eigenvalue weighted by atomic mass is 9.99. The molecule has 0 N–H and O–H groups in total. The minimum atomic E-state index is -0.520. The van der Waals surface area contributed by atoms with Crippen molar-refractivity contribution in [3.63, 3.8) is 0 Å². The molecule has 2 heterocycles. The van der Waals surface area contributed by atoms with Gasteiger partial charge in [-0.1, -0.05) is 30.9 Å². The van der Waals surface area contributed by atoms with Gasteiger partial charge >= 0.3 is 6.09 Å². The van der Waals surface area contributed by atoms with E-state index in [2.05, 4.69) is 6.58 Å². The van der Waals surface area contributed by atoms with Gasteiger partial charge in [-0.2, -0.15) is 0 Å². The lowest BCUT2D eigenvalue weighted by Gasteiger charge is -2.38. The number of carbonyl (C=O) groups is 2. The van der Waals surface area contributed by atoms with Crippen LogP contribution in [0.2, 0.25) is 0 Å². The van der Waals surface area contributed by atoms with Crippen LogP contribution in [0.3, 0.4) is 0 Å². The van der Waals surface area contributed by atoms with E-state index in [0.29, 0.717) is 19.6 Å². The summed E-state index contributed by atoms with van der Waals surface area (Å²) in [5.74, 6) is 0.0318. The smallest absolute Gasteiger partial charge is 0.410 e. The zero-order valence-corrected chi connectivity index (χ0v) is 13.8. The molecule has 1 fully saturated rings. The molecule has 0 saturated carbocycles. The first-order valence-corrected chi connectivity index (χ1v) is 7.86. The van der Waals surface area contributed by atoms with Crippen LogP contribution >= 0.6 is 0 Å². The normalized spacial score (nSPS) is 20.1. The van der Waals surface area contributed by atoms with Crippen molar-refractivity contribution in [3.05, 3.63) is 41.5 Å². The van der Waals surface area contributed by atoms with E-state index in [1.165, 1.54) is 0 Å². The fraction of sp³-hybridized carbons (Fsp3) is 0.444. The van der Waals surface area contributed by atoms with Crippen molar-refractivity contribution in [3.8, 4) is 0 Å².